The van der Waals surface area contributed by atoms with E-state index in [1.807, 2.05) is 38.1 Å². The summed E-state index contributed by atoms with van der Waals surface area (Å²) in [7, 11) is 0. The Morgan fingerprint density at radius 3 is 2.41 bits per heavy atom. The van der Waals surface area contributed by atoms with Crippen LogP contribution in [0.15, 0.2) is 48.5 Å². The average Bonchev–Trinajstić information content (AvgIpc) is 3.28. The number of nitrogens with zero attached hydrogens (tertiary/aromatic N) is 5. The number of anilines is 1. The van der Waals surface area contributed by atoms with Crippen LogP contribution in [0.5, 0.6) is 0 Å². The van der Waals surface area contributed by atoms with Crippen LogP contribution in [0.3, 0.4) is 0 Å². The number of aromatic nitrogens is 3. The van der Waals surface area contributed by atoms with Crippen LogP contribution in [-0.2, 0) is 0 Å². The highest BCUT2D eigenvalue weighted by atomic mass is 19.1. The van der Waals surface area contributed by atoms with Crippen molar-refractivity contribution >= 4 is 22.7 Å². The molecule has 37 heavy (non-hydrogen) atoms. The Hall–Kier alpha value is -4.32. The molecule has 1 fully saturated rings. The molecule has 3 heterocycles. The number of nitriles is 1. The average molecular weight is 502 g/mol. The summed E-state index contributed by atoms with van der Waals surface area (Å²) >= 11 is 0. The Labute approximate surface area is 212 Å². The molecule has 0 spiro atoms. The maximum Gasteiger partial charge on any atom is 0.354 e. The SMILES string of the molecule is CC(C)c1nn(-c2ccc(F)cc2F)c2nc(C(=O)O)cc(-c3ccc(N4CCC(C#N)CC4)cc3)c12. The molecule has 7 nitrogen and oxygen atoms in total. The first kappa shape index (κ1) is 24.4. The van der Waals surface area contributed by atoms with Crippen LogP contribution in [0, 0.1) is 28.9 Å². The maximum absolute atomic E-state index is 14.8. The highest BCUT2D eigenvalue weighted by molar-refractivity contribution is 6.00. The Bertz CT molecular complexity index is 1530. The minimum Gasteiger partial charge on any atom is -0.477 e. The predicted molar refractivity (Wildman–Crippen MR) is 136 cm³/mol. The lowest BCUT2D eigenvalue weighted by Crippen LogP contribution is -2.33. The van der Waals surface area contributed by atoms with E-state index in [-0.39, 0.29) is 28.9 Å². The van der Waals surface area contributed by atoms with Gasteiger partial charge < -0.3 is 10.0 Å². The minimum atomic E-state index is -1.22. The van der Waals surface area contributed by atoms with Gasteiger partial charge >= 0.3 is 5.97 Å². The predicted octanol–water partition coefficient (Wildman–Crippen LogP) is 5.93. The molecule has 0 amide bonds. The molecule has 0 aliphatic carbocycles. The molecule has 2 aromatic heterocycles. The highest BCUT2D eigenvalue weighted by Gasteiger charge is 2.24. The normalized spacial score (nSPS) is 14.3. The van der Waals surface area contributed by atoms with Crippen molar-refractivity contribution in [2.24, 2.45) is 5.92 Å². The zero-order chi connectivity index (χ0) is 26.3. The van der Waals surface area contributed by atoms with Gasteiger partial charge in [0.05, 0.1) is 17.1 Å². The topological polar surface area (TPSA) is 95.0 Å². The molecule has 5 rings (SSSR count). The maximum atomic E-state index is 14.8. The first-order valence-electron chi connectivity index (χ1n) is 12.1. The van der Waals surface area contributed by atoms with Gasteiger partial charge in [0, 0.05) is 30.8 Å². The molecule has 0 bridgehead atoms. The van der Waals surface area contributed by atoms with Crippen molar-refractivity contribution in [2.75, 3.05) is 18.0 Å². The van der Waals surface area contributed by atoms with Gasteiger partial charge in [-0.25, -0.2) is 23.2 Å². The second kappa shape index (κ2) is 9.62. The third-order valence-corrected chi connectivity index (χ3v) is 6.79. The number of fused-ring (bicyclic) bond motifs is 1. The lowest BCUT2D eigenvalue weighted by Gasteiger charge is -2.31. The number of aromatic carboxylic acids is 1. The molecule has 1 N–H and O–H groups in total. The monoisotopic (exact) mass is 501 g/mol. The zero-order valence-electron chi connectivity index (χ0n) is 20.4. The molecule has 0 radical (unpaired) electrons. The van der Waals surface area contributed by atoms with Crippen LogP contribution in [0.4, 0.5) is 14.5 Å². The fourth-order valence-corrected chi connectivity index (χ4v) is 4.82. The van der Waals surface area contributed by atoms with E-state index < -0.39 is 17.6 Å². The molecule has 0 unspecified atom stereocenters. The van der Waals surface area contributed by atoms with E-state index in [9.17, 15) is 18.7 Å². The van der Waals surface area contributed by atoms with Gasteiger partial charge in [0.25, 0.3) is 0 Å². The van der Waals surface area contributed by atoms with E-state index in [4.69, 9.17) is 5.26 Å². The van der Waals surface area contributed by atoms with Crippen LogP contribution in [0.25, 0.3) is 27.8 Å². The zero-order valence-corrected chi connectivity index (χ0v) is 20.4. The summed E-state index contributed by atoms with van der Waals surface area (Å²) in [5.41, 5.74) is 3.00. The standard InChI is InChI=1S/C28H25F2N5O2/c1-16(2)26-25-21(18-3-6-20(7-4-18)34-11-9-17(15-31)10-12-34)14-23(28(36)37)32-27(25)35(33-26)24-8-5-19(29)13-22(24)30/h3-8,13-14,16-17H,9-12H2,1-2H3,(H,36,37). The molecule has 188 valence electrons. The lowest BCUT2D eigenvalue weighted by molar-refractivity contribution is 0.0691. The number of halogens is 2. The quantitative estimate of drug-likeness (QED) is 0.364. The molecule has 2 aromatic carbocycles. The van der Waals surface area contributed by atoms with Crippen molar-refractivity contribution in [2.45, 2.75) is 32.6 Å². The Morgan fingerprint density at radius 1 is 1.11 bits per heavy atom. The summed E-state index contributed by atoms with van der Waals surface area (Å²) in [4.78, 5) is 18.5. The van der Waals surface area contributed by atoms with E-state index in [0.717, 1.165) is 49.3 Å². The van der Waals surface area contributed by atoms with Crippen LogP contribution in [0.2, 0.25) is 0 Å². The third-order valence-electron chi connectivity index (χ3n) is 6.79. The van der Waals surface area contributed by atoms with Gasteiger partial charge in [0.1, 0.15) is 11.5 Å². The fourth-order valence-electron chi connectivity index (χ4n) is 4.82. The summed E-state index contributed by atoms with van der Waals surface area (Å²) in [5, 5.41) is 24.2. The molecular formula is C28H25F2N5O2. The molecule has 9 heteroatoms. The summed E-state index contributed by atoms with van der Waals surface area (Å²) in [6.07, 6.45) is 1.64. The molecule has 1 aliphatic heterocycles. The number of carbonyl (C=O) groups is 1. The van der Waals surface area contributed by atoms with E-state index in [2.05, 4.69) is 21.1 Å². The molecule has 0 atom stereocenters. The summed E-state index contributed by atoms with van der Waals surface area (Å²) < 4.78 is 29.6. The van der Waals surface area contributed by atoms with Crippen molar-refractivity contribution < 1.29 is 18.7 Å². The van der Waals surface area contributed by atoms with E-state index in [1.54, 1.807) is 0 Å². The van der Waals surface area contributed by atoms with E-state index in [0.29, 0.717) is 16.6 Å². The van der Waals surface area contributed by atoms with E-state index in [1.165, 1.54) is 16.8 Å². The van der Waals surface area contributed by atoms with Gasteiger partial charge in [0.15, 0.2) is 17.2 Å². The summed E-state index contributed by atoms with van der Waals surface area (Å²) in [5.74, 6) is -2.76. The van der Waals surface area contributed by atoms with Crippen molar-refractivity contribution in [1.29, 1.82) is 5.26 Å². The number of pyridine rings is 1. The van der Waals surface area contributed by atoms with Gasteiger partial charge in [-0.15, -0.1) is 0 Å². The second-order valence-corrected chi connectivity index (χ2v) is 9.54. The van der Waals surface area contributed by atoms with Crippen molar-refractivity contribution in [3.8, 4) is 22.9 Å². The van der Waals surface area contributed by atoms with Gasteiger partial charge in [-0.2, -0.15) is 10.4 Å². The van der Waals surface area contributed by atoms with Crippen molar-refractivity contribution in [3.05, 3.63) is 71.6 Å². The summed E-state index contributed by atoms with van der Waals surface area (Å²) in [6, 6.07) is 14.8. The largest absolute Gasteiger partial charge is 0.477 e. The van der Waals surface area contributed by atoms with Gasteiger partial charge in [0.2, 0.25) is 0 Å². The van der Waals surface area contributed by atoms with Gasteiger partial charge in [-0.3, -0.25) is 0 Å². The highest BCUT2D eigenvalue weighted by Crippen LogP contribution is 2.37. The van der Waals surface area contributed by atoms with Gasteiger partial charge in [-0.1, -0.05) is 26.0 Å². The van der Waals surface area contributed by atoms with Gasteiger partial charge in [-0.05, 0) is 60.2 Å². The number of carboxylic acids is 1. The van der Waals surface area contributed by atoms with Crippen molar-refractivity contribution in [3.63, 3.8) is 0 Å². The molecular weight excluding hydrogens is 476 g/mol. The van der Waals surface area contributed by atoms with Crippen LogP contribution in [0.1, 0.15) is 48.8 Å². The Morgan fingerprint density at radius 2 is 1.81 bits per heavy atom. The van der Waals surface area contributed by atoms with Crippen LogP contribution >= 0.6 is 0 Å². The van der Waals surface area contributed by atoms with Crippen molar-refractivity contribution in [1.82, 2.24) is 14.8 Å². The smallest absolute Gasteiger partial charge is 0.354 e. The fraction of sp³-hybridized carbons (Fsp3) is 0.286. The molecule has 1 saturated heterocycles. The molecule has 4 aromatic rings. The first-order valence-corrected chi connectivity index (χ1v) is 12.1. The minimum absolute atomic E-state index is 0.0181. The molecule has 1 aliphatic rings. The van der Waals surface area contributed by atoms with Crippen LogP contribution < -0.4 is 4.90 Å². The number of benzene rings is 2. The number of hydrogen-bond acceptors (Lipinski definition) is 5. The summed E-state index contributed by atoms with van der Waals surface area (Å²) in [6.45, 7) is 5.48. The number of rotatable bonds is 5. The first-order chi connectivity index (χ1) is 17.8. The van der Waals surface area contributed by atoms with E-state index >= 15 is 0 Å². The number of hydrogen-bond donors (Lipinski definition) is 1. The third kappa shape index (κ3) is 4.51. The number of carboxylic acid groups (broad SMARTS) is 1. The van der Waals surface area contributed by atoms with Crippen LogP contribution in [-0.4, -0.2) is 38.9 Å². The lowest BCUT2D eigenvalue weighted by atomic mass is 9.96. The molecule has 0 saturated carbocycles. The second-order valence-electron chi connectivity index (χ2n) is 9.54. The number of piperidine rings is 1. The Balaban J connectivity index is 1.66. The Kier molecular flexibility index (Phi) is 6.34.